The molecule has 3 nitrogen and oxygen atoms in total. The van der Waals surface area contributed by atoms with E-state index in [1.165, 1.54) is 0 Å². The van der Waals surface area contributed by atoms with Crippen molar-refractivity contribution in [2.75, 3.05) is 0 Å². The Balaban J connectivity index is 2.25. The summed E-state index contributed by atoms with van der Waals surface area (Å²) in [4.78, 5) is 15.4. The van der Waals surface area contributed by atoms with Crippen LogP contribution in [0.25, 0.3) is 0 Å². The standard InChI is InChI=1S/C12H12ClF3N2O/c1-6-4-8(11(19)12(14,15)16)17-5-9-7(6)2-3-10(13)18-9/h2-3,6,8,17H,4-5H2,1H3. The summed E-state index contributed by atoms with van der Waals surface area (Å²) < 4.78 is 37.4. The van der Waals surface area contributed by atoms with Crippen LogP contribution >= 0.6 is 11.6 Å². The number of nitrogens with zero attached hydrogens (tertiary/aromatic N) is 1. The predicted molar refractivity (Wildman–Crippen MR) is 64.0 cm³/mol. The van der Waals surface area contributed by atoms with E-state index in [1.54, 1.807) is 19.1 Å². The van der Waals surface area contributed by atoms with Crippen LogP contribution in [0.1, 0.15) is 30.5 Å². The van der Waals surface area contributed by atoms with Gasteiger partial charge in [-0.05, 0) is 24.0 Å². The van der Waals surface area contributed by atoms with Crippen molar-refractivity contribution >= 4 is 17.4 Å². The zero-order valence-corrected chi connectivity index (χ0v) is 10.8. The first-order chi connectivity index (χ1) is 8.79. The highest BCUT2D eigenvalue weighted by atomic mass is 35.5. The molecule has 19 heavy (non-hydrogen) atoms. The third-order valence-corrected chi connectivity index (χ3v) is 3.42. The number of pyridine rings is 1. The number of hydrogen-bond acceptors (Lipinski definition) is 3. The van der Waals surface area contributed by atoms with Crippen LogP contribution in [0.4, 0.5) is 13.2 Å². The molecule has 0 bridgehead atoms. The molecule has 0 saturated carbocycles. The van der Waals surface area contributed by atoms with Crippen LogP contribution in [-0.4, -0.2) is 23.0 Å². The zero-order chi connectivity index (χ0) is 14.2. The molecule has 1 N–H and O–H groups in total. The maximum absolute atomic E-state index is 12.5. The predicted octanol–water partition coefficient (Wildman–Crippen LogP) is 2.83. The van der Waals surface area contributed by atoms with Gasteiger partial charge in [0, 0.05) is 6.54 Å². The summed E-state index contributed by atoms with van der Waals surface area (Å²) in [6.07, 6.45) is -4.73. The Bertz CT molecular complexity index is 504. The lowest BCUT2D eigenvalue weighted by molar-refractivity contribution is -0.173. The second-order valence-corrected chi connectivity index (χ2v) is 4.99. The highest BCUT2D eigenvalue weighted by Gasteiger charge is 2.44. The second-order valence-electron chi connectivity index (χ2n) is 4.60. The summed E-state index contributed by atoms with van der Waals surface area (Å²) in [6.45, 7) is 1.88. The van der Waals surface area contributed by atoms with Gasteiger partial charge in [0.15, 0.2) is 0 Å². The van der Waals surface area contributed by atoms with E-state index in [1.807, 2.05) is 0 Å². The van der Waals surface area contributed by atoms with Gasteiger partial charge in [0.2, 0.25) is 0 Å². The molecule has 2 unspecified atom stereocenters. The number of carbonyl (C=O) groups excluding carboxylic acids is 1. The van der Waals surface area contributed by atoms with E-state index in [4.69, 9.17) is 11.6 Å². The molecule has 0 spiro atoms. The number of ketones is 1. The van der Waals surface area contributed by atoms with Crippen LogP contribution in [0.5, 0.6) is 0 Å². The molecule has 0 aliphatic carbocycles. The van der Waals surface area contributed by atoms with Gasteiger partial charge >= 0.3 is 6.18 Å². The maximum Gasteiger partial charge on any atom is 0.451 e. The molecule has 1 aliphatic heterocycles. The van der Waals surface area contributed by atoms with E-state index >= 15 is 0 Å². The number of fused-ring (bicyclic) bond motifs is 1. The van der Waals surface area contributed by atoms with E-state index in [0.717, 1.165) is 5.56 Å². The molecule has 0 fully saturated rings. The van der Waals surface area contributed by atoms with E-state index in [9.17, 15) is 18.0 Å². The Kier molecular flexibility index (Phi) is 3.82. The van der Waals surface area contributed by atoms with Gasteiger partial charge in [-0.1, -0.05) is 24.6 Å². The van der Waals surface area contributed by atoms with E-state index < -0.39 is 18.0 Å². The summed E-state index contributed by atoms with van der Waals surface area (Å²) in [6, 6.07) is 2.11. The normalized spacial score (nSPS) is 23.6. The van der Waals surface area contributed by atoms with Crippen LogP contribution in [0.2, 0.25) is 5.15 Å². The Hall–Kier alpha value is -1.14. The van der Waals surface area contributed by atoms with E-state index in [-0.39, 0.29) is 24.0 Å². The van der Waals surface area contributed by atoms with Crippen molar-refractivity contribution in [3.8, 4) is 0 Å². The summed E-state index contributed by atoms with van der Waals surface area (Å²) in [5, 5.41) is 2.90. The zero-order valence-electron chi connectivity index (χ0n) is 10.1. The molecule has 1 aromatic heterocycles. The van der Waals surface area contributed by atoms with Crippen molar-refractivity contribution in [2.24, 2.45) is 0 Å². The summed E-state index contributed by atoms with van der Waals surface area (Å²) in [7, 11) is 0. The molecule has 1 aromatic rings. The third-order valence-electron chi connectivity index (χ3n) is 3.21. The second kappa shape index (κ2) is 5.09. The highest BCUT2D eigenvalue weighted by Crippen LogP contribution is 2.30. The van der Waals surface area contributed by atoms with Crippen molar-refractivity contribution in [3.63, 3.8) is 0 Å². The molecule has 2 heterocycles. The molecule has 1 aliphatic rings. The van der Waals surface area contributed by atoms with Crippen molar-refractivity contribution in [1.82, 2.24) is 10.3 Å². The topological polar surface area (TPSA) is 42.0 Å². The van der Waals surface area contributed by atoms with Crippen LogP contribution in [0.3, 0.4) is 0 Å². The molecular weight excluding hydrogens is 281 g/mol. The van der Waals surface area contributed by atoms with Gasteiger partial charge in [-0.15, -0.1) is 0 Å². The van der Waals surface area contributed by atoms with Crippen LogP contribution in [0, 0.1) is 0 Å². The van der Waals surface area contributed by atoms with Crippen molar-refractivity contribution < 1.29 is 18.0 Å². The Morgan fingerprint density at radius 1 is 1.47 bits per heavy atom. The Morgan fingerprint density at radius 3 is 2.79 bits per heavy atom. The lowest BCUT2D eigenvalue weighted by atomic mass is 9.93. The first-order valence-electron chi connectivity index (χ1n) is 5.78. The number of halogens is 4. The average Bonchev–Trinajstić information content (AvgIpc) is 2.46. The lowest BCUT2D eigenvalue weighted by Crippen LogP contribution is -2.43. The van der Waals surface area contributed by atoms with Crippen LogP contribution < -0.4 is 5.32 Å². The van der Waals surface area contributed by atoms with Crippen LogP contribution in [0.15, 0.2) is 12.1 Å². The fourth-order valence-electron chi connectivity index (χ4n) is 2.26. The number of rotatable bonds is 1. The molecule has 7 heteroatoms. The number of hydrogen-bond donors (Lipinski definition) is 1. The molecule has 104 valence electrons. The highest BCUT2D eigenvalue weighted by molar-refractivity contribution is 6.29. The first kappa shape index (κ1) is 14.3. The van der Waals surface area contributed by atoms with E-state index in [0.29, 0.717) is 5.69 Å². The number of nitrogens with one attached hydrogen (secondary N) is 1. The molecule has 2 atom stereocenters. The number of carbonyl (C=O) groups is 1. The van der Waals surface area contributed by atoms with Gasteiger partial charge in [-0.2, -0.15) is 13.2 Å². The quantitative estimate of drug-likeness (QED) is 0.809. The molecule has 0 saturated heterocycles. The SMILES string of the molecule is CC1CC(C(=O)C(F)(F)F)NCc2nc(Cl)ccc21. The minimum Gasteiger partial charge on any atom is -0.301 e. The van der Waals surface area contributed by atoms with Crippen molar-refractivity contribution in [1.29, 1.82) is 0 Å². The Labute approximate surface area is 113 Å². The van der Waals surface area contributed by atoms with Gasteiger partial charge in [0.05, 0.1) is 11.7 Å². The van der Waals surface area contributed by atoms with Crippen LogP contribution in [-0.2, 0) is 11.3 Å². The van der Waals surface area contributed by atoms with E-state index in [2.05, 4.69) is 10.3 Å². The number of aromatic nitrogens is 1. The summed E-state index contributed by atoms with van der Waals surface area (Å²) in [5.74, 6) is -1.93. The Morgan fingerprint density at radius 2 is 2.16 bits per heavy atom. The molecule has 2 rings (SSSR count). The fraction of sp³-hybridized carbons (Fsp3) is 0.500. The number of alkyl halides is 3. The average molecular weight is 293 g/mol. The largest absolute Gasteiger partial charge is 0.451 e. The lowest BCUT2D eigenvalue weighted by Gasteiger charge is -2.18. The fourth-order valence-corrected chi connectivity index (χ4v) is 2.42. The van der Waals surface area contributed by atoms with Crippen molar-refractivity contribution in [2.45, 2.75) is 38.0 Å². The van der Waals surface area contributed by atoms with Gasteiger partial charge in [0.25, 0.3) is 5.78 Å². The molecule has 0 aromatic carbocycles. The van der Waals surface area contributed by atoms with Crippen molar-refractivity contribution in [3.05, 3.63) is 28.5 Å². The third kappa shape index (κ3) is 3.06. The van der Waals surface area contributed by atoms with Gasteiger partial charge in [-0.3, -0.25) is 4.79 Å². The van der Waals surface area contributed by atoms with Gasteiger partial charge < -0.3 is 5.32 Å². The molecular formula is C12H12ClF3N2O. The van der Waals surface area contributed by atoms with Gasteiger partial charge in [-0.25, -0.2) is 4.98 Å². The van der Waals surface area contributed by atoms with Gasteiger partial charge in [0.1, 0.15) is 5.15 Å². The number of Topliss-reactive ketones (excluding diaryl/α,β-unsaturated/α-hetero) is 1. The molecule has 0 amide bonds. The monoisotopic (exact) mass is 292 g/mol. The summed E-state index contributed by atoms with van der Waals surface area (Å²) in [5.41, 5.74) is 1.42. The first-order valence-corrected chi connectivity index (χ1v) is 6.16. The smallest absolute Gasteiger partial charge is 0.301 e. The maximum atomic E-state index is 12.5. The molecule has 0 radical (unpaired) electrons. The minimum absolute atomic E-state index is 0.0919. The minimum atomic E-state index is -4.82. The summed E-state index contributed by atoms with van der Waals surface area (Å²) >= 11 is 5.76.